The van der Waals surface area contributed by atoms with Crippen LogP contribution in [0.2, 0.25) is 5.02 Å². The predicted molar refractivity (Wildman–Crippen MR) is 87.8 cm³/mol. The standard InChI is InChI=1S/C16H12ClFN2O4S/c1-16(10-2-6-12(18)7-3-10)14(21)19-15(22)20(16)25(23,24)13-8-4-11(17)5-9-13/h2-9H,1H3,(H,19,21,22)/t16-/m1/s1. The van der Waals surface area contributed by atoms with Crippen molar-refractivity contribution in [2.45, 2.75) is 17.4 Å². The minimum atomic E-state index is -4.36. The summed E-state index contributed by atoms with van der Waals surface area (Å²) in [5.74, 6) is -1.37. The number of hydrogen-bond acceptors (Lipinski definition) is 4. The molecule has 3 amide bonds. The summed E-state index contributed by atoms with van der Waals surface area (Å²) >= 11 is 5.76. The molecule has 1 fully saturated rings. The number of halogens is 2. The number of sulfonamides is 1. The first kappa shape index (κ1) is 17.4. The molecule has 1 atom stereocenters. The summed E-state index contributed by atoms with van der Waals surface area (Å²) in [6, 6.07) is 8.81. The number of rotatable bonds is 3. The van der Waals surface area contributed by atoms with Crippen LogP contribution < -0.4 is 5.32 Å². The van der Waals surface area contributed by atoms with Gasteiger partial charge in [-0.05, 0) is 48.9 Å². The van der Waals surface area contributed by atoms with Crippen LogP contribution in [0.1, 0.15) is 12.5 Å². The maximum Gasteiger partial charge on any atom is 0.339 e. The molecule has 1 heterocycles. The summed E-state index contributed by atoms with van der Waals surface area (Å²) in [4.78, 5) is 24.4. The number of hydrogen-bond donors (Lipinski definition) is 1. The highest BCUT2D eigenvalue weighted by atomic mass is 35.5. The van der Waals surface area contributed by atoms with Crippen molar-refractivity contribution in [2.75, 3.05) is 0 Å². The number of nitrogens with one attached hydrogen (secondary N) is 1. The number of carbonyl (C=O) groups is 2. The van der Waals surface area contributed by atoms with Crippen LogP contribution >= 0.6 is 11.6 Å². The van der Waals surface area contributed by atoms with Gasteiger partial charge in [-0.1, -0.05) is 23.7 Å². The Labute approximate surface area is 148 Å². The Morgan fingerprint density at radius 1 is 1.04 bits per heavy atom. The van der Waals surface area contributed by atoms with Gasteiger partial charge < -0.3 is 0 Å². The molecule has 6 nitrogen and oxygen atoms in total. The fourth-order valence-corrected chi connectivity index (χ4v) is 4.40. The zero-order valence-corrected chi connectivity index (χ0v) is 14.4. The van der Waals surface area contributed by atoms with E-state index in [2.05, 4.69) is 0 Å². The molecule has 0 radical (unpaired) electrons. The van der Waals surface area contributed by atoms with Gasteiger partial charge in [-0.25, -0.2) is 17.6 Å². The quantitative estimate of drug-likeness (QED) is 0.827. The van der Waals surface area contributed by atoms with Crippen LogP contribution in [0.3, 0.4) is 0 Å². The lowest BCUT2D eigenvalue weighted by atomic mass is 9.92. The summed E-state index contributed by atoms with van der Waals surface area (Å²) < 4.78 is 39.6. The first-order chi connectivity index (χ1) is 11.7. The van der Waals surface area contributed by atoms with Gasteiger partial charge in [0.1, 0.15) is 5.82 Å². The van der Waals surface area contributed by atoms with Gasteiger partial charge in [-0.15, -0.1) is 0 Å². The minimum absolute atomic E-state index is 0.162. The van der Waals surface area contributed by atoms with E-state index in [-0.39, 0.29) is 10.5 Å². The van der Waals surface area contributed by atoms with E-state index in [1.54, 1.807) is 0 Å². The van der Waals surface area contributed by atoms with Crippen molar-refractivity contribution in [2.24, 2.45) is 0 Å². The van der Waals surface area contributed by atoms with E-state index < -0.39 is 33.3 Å². The van der Waals surface area contributed by atoms with Crippen LogP contribution in [0, 0.1) is 5.82 Å². The van der Waals surface area contributed by atoms with Gasteiger partial charge in [-0.2, -0.15) is 4.31 Å². The average Bonchev–Trinajstić information content (AvgIpc) is 2.79. The third-order valence-electron chi connectivity index (χ3n) is 4.01. The van der Waals surface area contributed by atoms with Gasteiger partial charge in [0.2, 0.25) is 0 Å². The molecule has 3 rings (SSSR count). The topological polar surface area (TPSA) is 83.6 Å². The second kappa shape index (κ2) is 5.82. The van der Waals surface area contributed by atoms with E-state index in [4.69, 9.17) is 11.6 Å². The van der Waals surface area contributed by atoms with Gasteiger partial charge in [0.05, 0.1) is 4.90 Å². The molecule has 0 aromatic heterocycles. The molecule has 1 N–H and O–H groups in total. The van der Waals surface area contributed by atoms with Gasteiger partial charge in [0.25, 0.3) is 15.9 Å². The average molecular weight is 383 g/mol. The maximum atomic E-state index is 13.2. The number of amides is 3. The second-order valence-corrected chi connectivity index (χ2v) is 7.78. The molecule has 2 aromatic carbocycles. The Balaban J connectivity index is 2.18. The zero-order valence-electron chi connectivity index (χ0n) is 12.9. The van der Waals surface area contributed by atoms with E-state index in [1.807, 2.05) is 5.32 Å². The molecular formula is C16H12ClFN2O4S. The summed E-state index contributed by atoms with van der Waals surface area (Å²) in [6.07, 6.45) is 0. The second-order valence-electron chi connectivity index (χ2n) is 5.56. The van der Waals surface area contributed by atoms with E-state index >= 15 is 0 Å². The Morgan fingerprint density at radius 2 is 1.60 bits per heavy atom. The number of urea groups is 1. The largest absolute Gasteiger partial charge is 0.339 e. The van der Waals surface area contributed by atoms with Crippen LogP contribution in [0.25, 0.3) is 0 Å². The monoisotopic (exact) mass is 382 g/mol. The minimum Gasteiger partial charge on any atom is -0.275 e. The zero-order chi connectivity index (χ0) is 18.4. The molecule has 1 saturated heterocycles. The third kappa shape index (κ3) is 2.67. The smallest absolute Gasteiger partial charge is 0.275 e. The Bertz CT molecular complexity index is 961. The van der Waals surface area contributed by atoms with Crippen LogP contribution in [0.15, 0.2) is 53.4 Å². The van der Waals surface area contributed by atoms with Crippen molar-refractivity contribution in [1.29, 1.82) is 0 Å². The lowest BCUT2D eigenvalue weighted by Gasteiger charge is -2.31. The van der Waals surface area contributed by atoms with Crippen LogP contribution in [0.4, 0.5) is 9.18 Å². The van der Waals surface area contributed by atoms with Crippen molar-refractivity contribution in [3.8, 4) is 0 Å². The number of imide groups is 1. The molecule has 9 heteroatoms. The Hall–Kier alpha value is -2.45. The van der Waals surface area contributed by atoms with Crippen LogP contribution in [-0.2, 0) is 20.4 Å². The van der Waals surface area contributed by atoms with Crippen LogP contribution in [-0.4, -0.2) is 24.7 Å². The molecule has 0 spiro atoms. The fourth-order valence-electron chi connectivity index (χ4n) is 2.65. The van der Waals surface area contributed by atoms with Gasteiger partial charge in [0, 0.05) is 5.02 Å². The van der Waals surface area contributed by atoms with Gasteiger partial charge in [0.15, 0.2) is 5.54 Å². The molecule has 25 heavy (non-hydrogen) atoms. The number of nitrogens with zero attached hydrogens (tertiary/aromatic N) is 1. The molecule has 2 aromatic rings. The van der Waals surface area contributed by atoms with Crippen LogP contribution in [0.5, 0.6) is 0 Å². The lowest BCUT2D eigenvalue weighted by Crippen LogP contribution is -2.47. The molecular weight excluding hydrogens is 371 g/mol. The molecule has 1 aliphatic rings. The summed E-state index contributed by atoms with van der Waals surface area (Å²) in [5, 5.41) is 2.33. The normalized spacial score (nSPS) is 20.7. The van der Waals surface area contributed by atoms with Crippen molar-refractivity contribution < 1.29 is 22.4 Å². The van der Waals surface area contributed by atoms with Crippen molar-refractivity contribution in [3.63, 3.8) is 0 Å². The predicted octanol–water partition coefficient (Wildman–Crippen LogP) is 2.64. The molecule has 0 aliphatic carbocycles. The number of benzene rings is 2. The molecule has 0 bridgehead atoms. The number of carbonyl (C=O) groups excluding carboxylic acids is 2. The summed E-state index contributed by atoms with van der Waals surface area (Å²) in [5.41, 5.74) is -1.68. The van der Waals surface area contributed by atoms with Crippen molar-refractivity contribution >= 4 is 33.6 Å². The van der Waals surface area contributed by atoms with E-state index in [1.165, 1.54) is 43.3 Å². The molecule has 0 saturated carbocycles. The molecule has 0 unspecified atom stereocenters. The highest BCUT2D eigenvalue weighted by Crippen LogP contribution is 2.37. The summed E-state index contributed by atoms with van der Waals surface area (Å²) in [7, 11) is -4.36. The van der Waals surface area contributed by atoms with Gasteiger partial charge in [-0.3, -0.25) is 10.1 Å². The Kier molecular flexibility index (Phi) is 4.04. The first-order valence-electron chi connectivity index (χ1n) is 7.10. The van der Waals surface area contributed by atoms with E-state index in [0.717, 1.165) is 12.1 Å². The highest BCUT2D eigenvalue weighted by molar-refractivity contribution is 7.89. The molecule has 130 valence electrons. The third-order valence-corrected chi connectivity index (χ3v) is 6.14. The SMILES string of the molecule is C[C@@]1(c2ccc(F)cc2)C(=O)NC(=O)N1S(=O)(=O)c1ccc(Cl)cc1. The first-order valence-corrected chi connectivity index (χ1v) is 8.91. The highest BCUT2D eigenvalue weighted by Gasteiger charge is 2.56. The maximum absolute atomic E-state index is 13.2. The molecule has 1 aliphatic heterocycles. The lowest BCUT2D eigenvalue weighted by molar-refractivity contribution is -0.125. The summed E-state index contributed by atoms with van der Waals surface area (Å²) in [6.45, 7) is 1.29. The van der Waals surface area contributed by atoms with Crippen molar-refractivity contribution in [3.05, 3.63) is 64.9 Å². The van der Waals surface area contributed by atoms with E-state index in [0.29, 0.717) is 9.33 Å². The van der Waals surface area contributed by atoms with Gasteiger partial charge >= 0.3 is 6.03 Å². The van der Waals surface area contributed by atoms with Crippen molar-refractivity contribution in [1.82, 2.24) is 9.62 Å². The Morgan fingerprint density at radius 3 is 2.16 bits per heavy atom. The van der Waals surface area contributed by atoms with E-state index in [9.17, 15) is 22.4 Å². The fraction of sp³-hybridized carbons (Fsp3) is 0.125.